The fourth-order valence-electron chi connectivity index (χ4n) is 1.57. The fourth-order valence-corrected chi connectivity index (χ4v) is 1.72. The van der Waals surface area contributed by atoms with E-state index in [1.165, 1.54) is 6.07 Å². The van der Waals surface area contributed by atoms with E-state index in [9.17, 15) is 4.79 Å². The predicted molar refractivity (Wildman–Crippen MR) is 55.2 cm³/mol. The van der Waals surface area contributed by atoms with Gasteiger partial charge in [0.15, 0.2) is 17.3 Å². The molecule has 1 aromatic heterocycles. The molecule has 0 saturated carbocycles. The highest BCUT2D eigenvalue weighted by molar-refractivity contribution is 6.29. The van der Waals surface area contributed by atoms with Crippen LogP contribution in [0.2, 0.25) is 5.15 Å². The fraction of sp³-hybridized carbons (Fsp3) is 0.444. The van der Waals surface area contributed by atoms with Crippen LogP contribution < -0.4 is 4.90 Å². The molecule has 0 spiro atoms. The molecule has 2 rings (SSSR count). The zero-order valence-electron chi connectivity index (χ0n) is 7.93. The van der Waals surface area contributed by atoms with Crippen molar-refractivity contribution in [2.75, 3.05) is 24.6 Å². The molecule has 15 heavy (non-hydrogen) atoms. The van der Waals surface area contributed by atoms with Crippen LogP contribution in [0.5, 0.6) is 0 Å². The minimum absolute atomic E-state index is 0.161. The highest BCUT2D eigenvalue weighted by Crippen LogP contribution is 2.25. The second-order valence-corrected chi connectivity index (χ2v) is 3.90. The number of aromatic nitrogens is 2. The largest absolute Gasteiger partial charge is 0.396 e. The molecule has 0 atom stereocenters. The lowest BCUT2D eigenvalue weighted by Crippen LogP contribution is -2.49. The van der Waals surface area contributed by atoms with Crippen LogP contribution in [0.1, 0.15) is 10.4 Å². The van der Waals surface area contributed by atoms with Gasteiger partial charge in [-0.25, -0.2) is 0 Å². The van der Waals surface area contributed by atoms with E-state index in [4.69, 9.17) is 16.7 Å². The Labute approximate surface area is 91.7 Å². The molecular weight excluding hydrogens is 218 g/mol. The van der Waals surface area contributed by atoms with Crippen molar-refractivity contribution in [3.8, 4) is 0 Å². The van der Waals surface area contributed by atoms with Crippen molar-refractivity contribution >= 4 is 23.7 Å². The Kier molecular flexibility index (Phi) is 2.83. The molecule has 1 fully saturated rings. The smallest absolute Gasteiger partial charge is 0.162 e. The normalized spacial score (nSPS) is 16.3. The van der Waals surface area contributed by atoms with Gasteiger partial charge in [0.25, 0.3) is 0 Å². The first kappa shape index (κ1) is 10.3. The van der Waals surface area contributed by atoms with Gasteiger partial charge in [-0.15, -0.1) is 10.2 Å². The Bertz CT molecular complexity index is 380. The molecule has 1 saturated heterocycles. The van der Waals surface area contributed by atoms with Crippen LogP contribution in [-0.2, 0) is 0 Å². The van der Waals surface area contributed by atoms with Crippen molar-refractivity contribution < 1.29 is 9.90 Å². The number of anilines is 1. The molecule has 0 unspecified atom stereocenters. The van der Waals surface area contributed by atoms with Crippen LogP contribution in [0.25, 0.3) is 0 Å². The van der Waals surface area contributed by atoms with Gasteiger partial charge in [-0.05, 0) is 6.07 Å². The van der Waals surface area contributed by atoms with Gasteiger partial charge in [-0.1, -0.05) is 11.6 Å². The van der Waals surface area contributed by atoms with Gasteiger partial charge < -0.3 is 10.0 Å². The molecule has 5 nitrogen and oxygen atoms in total. The lowest BCUT2D eigenvalue weighted by molar-refractivity contribution is 0.112. The van der Waals surface area contributed by atoms with E-state index in [-0.39, 0.29) is 17.7 Å². The Morgan fingerprint density at radius 1 is 1.60 bits per heavy atom. The number of rotatable bonds is 3. The maximum atomic E-state index is 10.8. The zero-order valence-corrected chi connectivity index (χ0v) is 8.68. The summed E-state index contributed by atoms with van der Waals surface area (Å²) in [5.41, 5.74) is 0.436. The lowest BCUT2D eigenvalue weighted by atomic mass is 10.0. The SMILES string of the molecule is O=Cc1cc(Cl)nnc1N1CC(CO)C1. The third-order valence-electron chi connectivity index (χ3n) is 2.41. The monoisotopic (exact) mass is 227 g/mol. The number of carbonyl (C=O) groups excluding carboxylic acids is 1. The summed E-state index contributed by atoms with van der Waals surface area (Å²) in [5.74, 6) is 0.807. The molecule has 6 heteroatoms. The number of aliphatic hydroxyl groups is 1. The van der Waals surface area contributed by atoms with Crippen LogP contribution in [0.15, 0.2) is 6.07 Å². The molecule has 1 aromatic rings. The summed E-state index contributed by atoms with van der Waals surface area (Å²) in [4.78, 5) is 12.7. The molecule has 1 N–H and O–H groups in total. The van der Waals surface area contributed by atoms with Gasteiger partial charge in [0, 0.05) is 25.6 Å². The van der Waals surface area contributed by atoms with E-state index in [0.29, 0.717) is 30.8 Å². The van der Waals surface area contributed by atoms with Gasteiger partial charge in [0.05, 0.1) is 5.56 Å². The predicted octanol–water partition coefficient (Wildman–Crippen LogP) is 0.371. The third kappa shape index (κ3) is 1.93. The molecular formula is C9H10ClN3O2. The van der Waals surface area contributed by atoms with E-state index in [1.54, 1.807) is 0 Å². The van der Waals surface area contributed by atoms with Gasteiger partial charge in [-0.2, -0.15) is 0 Å². The van der Waals surface area contributed by atoms with Crippen molar-refractivity contribution in [2.24, 2.45) is 5.92 Å². The van der Waals surface area contributed by atoms with Crippen LogP contribution in [0.3, 0.4) is 0 Å². The number of nitrogens with zero attached hydrogens (tertiary/aromatic N) is 3. The minimum Gasteiger partial charge on any atom is -0.396 e. The third-order valence-corrected chi connectivity index (χ3v) is 2.60. The zero-order chi connectivity index (χ0) is 10.8. The Balaban J connectivity index is 2.18. The summed E-state index contributed by atoms with van der Waals surface area (Å²) in [6, 6.07) is 1.49. The average molecular weight is 228 g/mol. The summed E-state index contributed by atoms with van der Waals surface area (Å²) in [6.07, 6.45) is 0.710. The molecule has 0 radical (unpaired) electrons. The van der Waals surface area contributed by atoms with Crippen molar-refractivity contribution in [3.05, 3.63) is 16.8 Å². The van der Waals surface area contributed by atoms with Gasteiger partial charge in [-0.3, -0.25) is 4.79 Å². The molecule has 80 valence electrons. The van der Waals surface area contributed by atoms with E-state index in [1.807, 2.05) is 4.90 Å². The van der Waals surface area contributed by atoms with Crippen LogP contribution >= 0.6 is 11.6 Å². The van der Waals surface area contributed by atoms with E-state index in [2.05, 4.69) is 10.2 Å². The molecule has 1 aliphatic rings. The number of hydrogen-bond donors (Lipinski definition) is 1. The standard InChI is InChI=1S/C9H10ClN3O2/c10-8-1-7(5-15)9(12-11-8)13-2-6(3-13)4-14/h1,5-6,14H,2-4H2. The topological polar surface area (TPSA) is 66.3 Å². The number of carbonyl (C=O) groups is 1. The molecule has 0 bridgehead atoms. The number of aliphatic hydroxyl groups excluding tert-OH is 1. The summed E-state index contributed by atoms with van der Waals surface area (Å²) in [5, 5.41) is 16.6. The minimum atomic E-state index is 0.161. The highest BCUT2D eigenvalue weighted by Gasteiger charge is 2.28. The van der Waals surface area contributed by atoms with E-state index < -0.39 is 0 Å². The van der Waals surface area contributed by atoms with Gasteiger partial charge in [0.2, 0.25) is 0 Å². The maximum Gasteiger partial charge on any atom is 0.162 e. The highest BCUT2D eigenvalue weighted by atomic mass is 35.5. The Hall–Kier alpha value is -1.20. The molecule has 0 aromatic carbocycles. The maximum absolute atomic E-state index is 10.8. The average Bonchev–Trinajstić information content (AvgIpc) is 2.18. The van der Waals surface area contributed by atoms with Gasteiger partial charge >= 0.3 is 0 Å². The Morgan fingerprint density at radius 2 is 2.33 bits per heavy atom. The number of halogens is 1. The Morgan fingerprint density at radius 3 is 2.93 bits per heavy atom. The second-order valence-electron chi connectivity index (χ2n) is 3.52. The van der Waals surface area contributed by atoms with Crippen molar-refractivity contribution in [1.29, 1.82) is 0 Å². The second kappa shape index (κ2) is 4.12. The quantitative estimate of drug-likeness (QED) is 0.756. The van der Waals surface area contributed by atoms with E-state index in [0.717, 1.165) is 0 Å². The van der Waals surface area contributed by atoms with E-state index >= 15 is 0 Å². The van der Waals surface area contributed by atoms with Crippen LogP contribution in [0.4, 0.5) is 5.82 Å². The number of aldehydes is 1. The van der Waals surface area contributed by atoms with Crippen LogP contribution in [-0.4, -0.2) is 41.3 Å². The molecule has 1 aliphatic heterocycles. The van der Waals surface area contributed by atoms with Crippen LogP contribution in [0, 0.1) is 5.92 Å². The van der Waals surface area contributed by atoms with Crippen molar-refractivity contribution in [1.82, 2.24) is 10.2 Å². The first-order chi connectivity index (χ1) is 7.24. The first-order valence-corrected chi connectivity index (χ1v) is 4.96. The van der Waals surface area contributed by atoms with Crippen molar-refractivity contribution in [3.63, 3.8) is 0 Å². The number of hydrogen-bond acceptors (Lipinski definition) is 5. The summed E-state index contributed by atoms with van der Waals surface area (Å²) in [6.45, 7) is 1.56. The molecule has 0 aliphatic carbocycles. The summed E-state index contributed by atoms with van der Waals surface area (Å²) < 4.78 is 0. The summed E-state index contributed by atoms with van der Waals surface area (Å²) >= 11 is 5.63. The summed E-state index contributed by atoms with van der Waals surface area (Å²) in [7, 11) is 0. The first-order valence-electron chi connectivity index (χ1n) is 4.58. The molecule has 2 heterocycles. The molecule has 0 amide bonds. The van der Waals surface area contributed by atoms with Gasteiger partial charge in [0.1, 0.15) is 0 Å². The van der Waals surface area contributed by atoms with Crippen molar-refractivity contribution in [2.45, 2.75) is 0 Å². The lowest BCUT2D eigenvalue weighted by Gasteiger charge is -2.39.